The van der Waals surface area contributed by atoms with Crippen molar-refractivity contribution in [3.05, 3.63) is 18.0 Å². The summed E-state index contributed by atoms with van der Waals surface area (Å²) in [6.45, 7) is 5.74. The Morgan fingerprint density at radius 3 is 2.68 bits per heavy atom. The van der Waals surface area contributed by atoms with Gasteiger partial charge in [-0.05, 0) is 50.8 Å². The van der Waals surface area contributed by atoms with E-state index in [2.05, 4.69) is 36.1 Å². The maximum atomic E-state index is 4.81. The average Bonchev–Trinajstić information content (AvgIpc) is 2.88. The number of nitrogens with one attached hydrogen (secondary N) is 1. The van der Waals surface area contributed by atoms with Crippen LogP contribution in [0.5, 0.6) is 0 Å². The molecule has 3 heteroatoms. The lowest BCUT2D eigenvalue weighted by atomic mass is 9.91. The minimum Gasteiger partial charge on any atom is -0.319 e. The topological polar surface area (TPSA) is 29.9 Å². The molecular weight excluding hydrogens is 234 g/mol. The monoisotopic (exact) mass is 263 g/mol. The fraction of sp³-hybridized carbons (Fsp3) is 0.812. The van der Waals surface area contributed by atoms with Crippen LogP contribution in [0.15, 0.2) is 12.3 Å². The smallest absolute Gasteiger partial charge is 0.0627 e. The van der Waals surface area contributed by atoms with Gasteiger partial charge in [0.1, 0.15) is 0 Å². The molecule has 108 valence electrons. The fourth-order valence-electron chi connectivity index (χ4n) is 3.09. The van der Waals surface area contributed by atoms with Crippen molar-refractivity contribution in [3.8, 4) is 0 Å². The van der Waals surface area contributed by atoms with Gasteiger partial charge in [0.25, 0.3) is 0 Å². The van der Waals surface area contributed by atoms with E-state index in [9.17, 15) is 0 Å². The molecule has 1 saturated carbocycles. The zero-order valence-electron chi connectivity index (χ0n) is 12.7. The quantitative estimate of drug-likeness (QED) is 0.852. The van der Waals surface area contributed by atoms with Crippen LogP contribution in [0, 0.1) is 11.8 Å². The minimum atomic E-state index is 0.660. The van der Waals surface area contributed by atoms with Crippen molar-refractivity contribution < 1.29 is 0 Å². The molecule has 1 aliphatic rings. The third-order valence-corrected chi connectivity index (χ3v) is 4.64. The number of aromatic nitrogens is 2. The summed E-state index contributed by atoms with van der Waals surface area (Å²) in [6, 6.07) is 2.88. The highest BCUT2D eigenvalue weighted by atomic mass is 15.3. The Balaban J connectivity index is 1.89. The van der Waals surface area contributed by atoms with Gasteiger partial charge in [-0.2, -0.15) is 5.10 Å². The third-order valence-electron chi connectivity index (χ3n) is 4.64. The van der Waals surface area contributed by atoms with Crippen LogP contribution in [-0.4, -0.2) is 23.4 Å². The molecule has 0 bridgehead atoms. The molecule has 0 aromatic carbocycles. The van der Waals surface area contributed by atoms with Crippen LogP contribution in [-0.2, 0) is 6.42 Å². The van der Waals surface area contributed by atoms with Crippen LogP contribution in [0.2, 0.25) is 0 Å². The van der Waals surface area contributed by atoms with Crippen LogP contribution in [0.25, 0.3) is 0 Å². The zero-order valence-corrected chi connectivity index (χ0v) is 12.7. The van der Waals surface area contributed by atoms with E-state index in [0.29, 0.717) is 17.9 Å². The molecule has 1 aromatic rings. The molecule has 2 atom stereocenters. The molecule has 0 saturated heterocycles. The van der Waals surface area contributed by atoms with Crippen LogP contribution in [0.3, 0.4) is 0 Å². The van der Waals surface area contributed by atoms with E-state index < -0.39 is 0 Å². The molecular formula is C16H29N3. The second kappa shape index (κ2) is 7.09. The van der Waals surface area contributed by atoms with Gasteiger partial charge in [0.2, 0.25) is 0 Å². The lowest BCUT2D eigenvalue weighted by Gasteiger charge is -2.22. The van der Waals surface area contributed by atoms with E-state index >= 15 is 0 Å². The lowest BCUT2D eigenvalue weighted by molar-refractivity contribution is 0.324. The van der Waals surface area contributed by atoms with Crippen LogP contribution in [0.4, 0.5) is 0 Å². The van der Waals surface area contributed by atoms with Gasteiger partial charge < -0.3 is 5.32 Å². The molecule has 2 unspecified atom stereocenters. The predicted molar refractivity (Wildman–Crippen MR) is 80.3 cm³/mol. The molecule has 1 aromatic heterocycles. The second-order valence-electron chi connectivity index (χ2n) is 6.30. The molecule has 1 fully saturated rings. The van der Waals surface area contributed by atoms with Gasteiger partial charge in [-0.15, -0.1) is 0 Å². The summed E-state index contributed by atoms with van der Waals surface area (Å²) in [5.41, 5.74) is 1.26. The van der Waals surface area contributed by atoms with E-state index in [0.717, 1.165) is 13.0 Å². The van der Waals surface area contributed by atoms with Crippen molar-refractivity contribution in [2.75, 3.05) is 13.6 Å². The molecule has 0 radical (unpaired) electrons. The fourth-order valence-corrected chi connectivity index (χ4v) is 3.09. The Labute approximate surface area is 117 Å². The van der Waals surface area contributed by atoms with Crippen molar-refractivity contribution >= 4 is 0 Å². The highest BCUT2D eigenvalue weighted by Crippen LogP contribution is 2.27. The van der Waals surface area contributed by atoms with Crippen LogP contribution >= 0.6 is 0 Å². The van der Waals surface area contributed by atoms with E-state index in [1.165, 1.54) is 37.8 Å². The first kappa shape index (κ1) is 14.6. The normalized spacial score (nSPS) is 20.4. The van der Waals surface area contributed by atoms with Crippen molar-refractivity contribution in [2.45, 2.75) is 58.4 Å². The number of hydrogen-bond donors (Lipinski definition) is 1. The third kappa shape index (κ3) is 4.07. The van der Waals surface area contributed by atoms with Gasteiger partial charge in [-0.1, -0.05) is 33.1 Å². The standard InChI is InChI=1S/C16H29N3/c1-13(14(2)12-17-3)11-15-9-10-19(18-15)16-7-5-4-6-8-16/h9-10,13-14,16-17H,4-8,11-12H2,1-3H3. The number of hydrogen-bond acceptors (Lipinski definition) is 2. The average molecular weight is 263 g/mol. The van der Waals surface area contributed by atoms with E-state index in [4.69, 9.17) is 5.10 Å². The summed E-state index contributed by atoms with van der Waals surface area (Å²) in [6.07, 6.45) is 10.1. The van der Waals surface area contributed by atoms with Gasteiger partial charge >= 0.3 is 0 Å². The predicted octanol–water partition coefficient (Wildman–Crippen LogP) is 3.42. The highest BCUT2D eigenvalue weighted by Gasteiger charge is 2.17. The summed E-state index contributed by atoms with van der Waals surface area (Å²) in [5.74, 6) is 1.38. The van der Waals surface area contributed by atoms with E-state index in [-0.39, 0.29) is 0 Å². The highest BCUT2D eigenvalue weighted by molar-refractivity contribution is 5.01. The first-order valence-electron chi connectivity index (χ1n) is 7.89. The molecule has 2 rings (SSSR count). The van der Waals surface area contributed by atoms with Crippen molar-refractivity contribution in [3.63, 3.8) is 0 Å². The zero-order chi connectivity index (χ0) is 13.7. The van der Waals surface area contributed by atoms with Crippen LogP contribution < -0.4 is 5.32 Å². The Hall–Kier alpha value is -0.830. The molecule has 0 spiro atoms. The van der Waals surface area contributed by atoms with Gasteiger partial charge in [0.15, 0.2) is 0 Å². The van der Waals surface area contributed by atoms with Gasteiger partial charge in [-0.25, -0.2) is 0 Å². The Bertz CT molecular complexity index is 366. The lowest BCUT2D eigenvalue weighted by Crippen LogP contribution is -2.23. The summed E-state index contributed by atoms with van der Waals surface area (Å²) in [5, 5.41) is 8.08. The van der Waals surface area contributed by atoms with Gasteiger partial charge in [-0.3, -0.25) is 4.68 Å². The van der Waals surface area contributed by atoms with E-state index in [1.807, 2.05) is 7.05 Å². The summed E-state index contributed by atoms with van der Waals surface area (Å²) in [7, 11) is 2.03. The van der Waals surface area contributed by atoms with Gasteiger partial charge in [0, 0.05) is 6.20 Å². The second-order valence-corrected chi connectivity index (χ2v) is 6.30. The molecule has 3 nitrogen and oxygen atoms in total. The Kier molecular flexibility index (Phi) is 5.44. The van der Waals surface area contributed by atoms with Crippen molar-refractivity contribution in [1.82, 2.24) is 15.1 Å². The first-order chi connectivity index (χ1) is 9.20. The summed E-state index contributed by atoms with van der Waals surface area (Å²) in [4.78, 5) is 0. The van der Waals surface area contributed by atoms with Crippen LogP contribution in [0.1, 0.15) is 57.7 Å². The molecule has 0 amide bonds. The van der Waals surface area contributed by atoms with Crippen molar-refractivity contribution in [1.29, 1.82) is 0 Å². The minimum absolute atomic E-state index is 0.660. The molecule has 1 aliphatic carbocycles. The summed E-state index contributed by atoms with van der Waals surface area (Å²) >= 11 is 0. The van der Waals surface area contributed by atoms with E-state index in [1.54, 1.807) is 0 Å². The maximum absolute atomic E-state index is 4.81. The Morgan fingerprint density at radius 1 is 1.26 bits per heavy atom. The number of rotatable bonds is 6. The maximum Gasteiger partial charge on any atom is 0.0627 e. The van der Waals surface area contributed by atoms with Gasteiger partial charge in [0.05, 0.1) is 11.7 Å². The largest absolute Gasteiger partial charge is 0.319 e. The molecule has 1 heterocycles. The first-order valence-corrected chi connectivity index (χ1v) is 7.89. The van der Waals surface area contributed by atoms with Crippen molar-refractivity contribution in [2.24, 2.45) is 11.8 Å². The SMILES string of the molecule is CNCC(C)C(C)Cc1ccn(C2CCCCC2)n1. The Morgan fingerprint density at radius 2 is 2.00 bits per heavy atom. The molecule has 0 aliphatic heterocycles. The summed E-state index contributed by atoms with van der Waals surface area (Å²) < 4.78 is 2.23. The molecule has 19 heavy (non-hydrogen) atoms. The number of nitrogens with zero attached hydrogens (tertiary/aromatic N) is 2. The molecule has 1 N–H and O–H groups in total.